The predicted molar refractivity (Wildman–Crippen MR) is 115 cm³/mol. The van der Waals surface area contributed by atoms with Gasteiger partial charge in [0.25, 0.3) is 0 Å². The summed E-state index contributed by atoms with van der Waals surface area (Å²) in [6, 6.07) is 3.63. The number of nitrogens with one attached hydrogen (secondary N) is 2. The van der Waals surface area contributed by atoms with E-state index in [0.717, 1.165) is 12.1 Å². The second-order valence-corrected chi connectivity index (χ2v) is 9.56. The number of aliphatic hydroxyl groups is 1. The maximum absolute atomic E-state index is 13.3. The van der Waals surface area contributed by atoms with E-state index in [9.17, 15) is 27.9 Å². The van der Waals surface area contributed by atoms with Crippen LogP contribution in [0.1, 0.15) is 62.8 Å². The van der Waals surface area contributed by atoms with Crippen molar-refractivity contribution in [3.05, 3.63) is 53.1 Å². The van der Waals surface area contributed by atoms with E-state index in [1.54, 1.807) is 6.20 Å². The summed E-state index contributed by atoms with van der Waals surface area (Å²) in [4.78, 5) is 34.1. The fourth-order valence-corrected chi connectivity index (χ4v) is 4.00. The summed E-state index contributed by atoms with van der Waals surface area (Å²) in [6.45, 7) is 7.01. The lowest BCUT2D eigenvalue weighted by Crippen LogP contribution is -2.54. The van der Waals surface area contributed by atoms with Crippen LogP contribution in [0.5, 0.6) is 0 Å². The number of imidazole rings is 1. The number of carbonyl (C=O) groups excluding carboxylic acids is 2. The Kier molecular flexibility index (Phi) is 6.88. The molecule has 3 N–H and O–H groups in total. The lowest BCUT2D eigenvalue weighted by Gasteiger charge is -2.35. The van der Waals surface area contributed by atoms with Gasteiger partial charge in [-0.3, -0.25) is 9.59 Å². The number of hydrogen-bond acceptors (Lipinski definition) is 4. The summed E-state index contributed by atoms with van der Waals surface area (Å²) in [5, 5.41) is 13.0. The summed E-state index contributed by atoms with van der Waals surface area (Å²) in [5.74, 6) is -0.145. The molecule has 0 bridgehead atoms. The summed E-state index contributed by atoms with van der Waals surface area (Å²) in [6.07, 6.45) is -2.92. The van der Waals surface area contributed by atoms with Crippen molar-refractivity contribution in [2.24, 2.45) is 5.41 Å². The fourth-order valence-electron chi connectivity index (χ4n) is 4.00. The molecule has 10 heteroatoms. The van der Waals surface area contributed by atoms with Crippen molar-refractivity contribution in [3.8, 4) is 0 Å². The highest BCUT2D eigenvalue weighted by Gasteiger charge is 2.43. The average Bonchev–Trinajstić information content (AvgIpc) is 3.30. The van der Waals surface area contributed by atoms with Crippen LogP contribution < -0.4 is 5.32 Å². The van der Waals surface area contributed by atoms with Gasteiger partial charge in [-0.1, -0.05) is 32.9 Å². The molecule has 0 saturated carbocycles. The molecule has 0 unspecified atom stereocenters. The van der Waals surface area contributed by atoms with Crippen LogP contribution in [0.2, 0.25) is 0 Å². The fraction of sp³-hybridized carbons (Fsp3) is 0.522. The number of aliphatic hydroxyl groups excluding tert-OH is 1. The predicted octanol–water partition coefficient (Wildman–Crippen LogP) is 3.20. The Bertz CT molecular complexity index is 996. The molecule has 1 aromatic carbocycles. The van der Waals surface area contributed by atoms with E-state index in [4.69, 9.17) is 0 Å². The van der Waals surface area contributed by atoms with Gasteiger partial charge in [-0.05, 0) is 23.1 Å². The molecule has 2 heterocycles. The van der Waals surface area contributed by atoms with Gasteiger partial charge in [0.15, 0.2) is 0 Å². The van der Waals surface area contributed by atoms with E-state index in [2.05, 4.69) is 15.3 Å². The molecule has 33 heavy (non-hydrogen) atoms. The number of alkyl halides is 3. The van der Waals surface area contributed by atoms with Gasteiger partial charge < -0.3 is 20.3 Å². The minimum atomic E-state index is -4.39. The molecule has 2 aromatic rings. The van der Waals surface area contributed by atoms with Crippen LogP contribution in [0.4, 0.5) is 13.2 Å². The van der Waals surface area contributed by atoms with Crippen molar-refractivity contribution in [3.63, 3.8) is 0 Å². The second-order valence-electron chi connectivity index (χ2n) is 9.56. The largest absolute Gasteiger partial charge is 0.416 e. The lowest BCUT2D eigenvalue weighted by molar-refractivity contribution is -0.140. The first kappa shape index (κ1) is 24.8. The van der Waals surface area contributed by atoms with E-state index < -0.39 is 35.3 Å². The third-order valence-corrected chi connectivity index (χ3v) is 5.66. The number of rotatable bonds is 5. The van der Waals surface area contributed by atoms with Crippen LogP contribution >= 0.6 is 0 Å². The van der Waals surface area contributed by atoms with Crippen molar-refractivity contribution < 1.29 is 27.9 Å². The summed E-state index contributed by atoms with van der Waals surface area (Å²) < 4.78 is 38.3. The van der Waals surface area contributed by atoms with Gasteiger partial charge in [0.05, 0.1) is 17.7 Å². The molecule has 1 saturated heterocycles. The van der Waals surface area contributed by atoms with Gasteiger partial charge in [-0.2, -0.15) is 13.2 Å². The maximum atomic E-state index is 13.3. The van der Waals surface area contributed by atoms with Gasteiger partial charge >= 0.3 is 6.18 Å². The standard InChI is InChI=1S/C23H29F3N4O3/c1-13(31)28-19(22(2,3)4)21(33)30-12-17(32)10-18(30)20-27-11-16(29-20)9-14-5-7-15(8-6-14)23(24,25)26/h5-8,11,17-19,32H,9-10,12H2,1-4H3,(H,27,29)(H,28,31)/t17-,18+,19-/m1/s1. The van der Waals surface area contributed by atoms with Crippen LogP contribution in [0.25, 0.3) is 0 Å². The zero-order valence-corrected chi connectivity index (χ0v) is 19.0. The van der Waals surface area contributed by atoms with Gasteiger partial charge in [-0.25, -0.2) is 4.98 Å². The highest BCUT2D eigenvalue weighted by Crippen LogP contribution is 2.34. The molecule has 0 radical (unpaired) electrons. The number of β-amino-alcohol motifs (C(OH)–C–C–N with tert-alkyl or cyclic N) is 1. The van der Waals surface area contributed by atoms with Crippen molar-refractivity contribution in [2.75, 3.05) is 6.54 Å². The highest BCUT2D eigenvalue weighted by atomic mass is 19.4. The Hall–Kier alpha value is -2.88. The molecule has 0 spiro atoms. The molecule has 1 aromatic heterocycles. The molecule has 1 fully saturated rings. The van der Waals surface area contributed by atoms with Crippen LogP contribution in [0.3, 0.4) is 0 Å². The average molecular weight is 467 g/mol. The van der Waals surface area contributed by atoms with E-state index in [-0.39, 0.29) is 24.8 Å². The minimum absolute atomic E-state index is 0.116. The summed E-state index contributed by atoms with van der Waals surface area (Å²) in [5.41, 5.74) is 0.0969. The van der Waals surface area contributed by atoms with Crippen molar-refractivity contribution >= 4 is 11.8 Å². The molecule has 3 rings (SSSR count). The van der Waals surface area contributed by atoms with E-state index >= 15 is 0 Å². The number of aromatic nitrogens is 2. The SMILES string of the molecule is CC(=O)N[C@H](C(=O)N1C[C@H](O)C[C@H]1c1ncc(Cc2ccc(C(F)(F)F)cc2)[nH]1)C(C)(C)C. The van der Waals surface area contributed by atoms with Gasteiger partial charge in [0.2, 0.25) is 11.8 Å². The molecule has 2 amide bonds. The number of hydrogen-bond donors (Lipinski definition) is 3. The molecule has 0 aliphatic carbocycles. The zero-order chi connectivity index (χ0) is 24.6. The number of aromatic amines is 1. The molecule has 1 aliphatic rings. The third-order valence-electron chi connectivity index (χ3n) is 5.66. The first-order chi connectivity index (χ1) is 15.3. The Morgan fingerprint density at radius 1 is 1.24 bits per heavy atom. The number of nitrogens with zero attached hydrogens (tertiary/aromatic N) is 2. The molecular formula is C23H29F3N4O3. The highest BCUT2D eigenvalue weighted by molar-refractivity contribution is 5.88. The quantitative estimate of drug-likeness (QED) is 0.630. The second kappa shape index (κ2) is 9.17. The summed E-state index contributed by atoms with van der Waals surface area (Å²) in [7, 11) is 0. The smallest absolute Gasteiger partial charge is 0.391 e. The number of halogens is 3. The maximum Gasteiger partial charge on any atom is 0.416 e. The Labute approximate surface area is 190 Å². The molecule has 180 valence electrons. The van der Waals surface area contributed by atoms with Crippen LogP contribution in [0.15, 0.2) is 30.5 Å². The number of H-pyrrole nitrogens is 1. The molecular weight excluding hydrogens is 437 g/mol. The van der Waals surface area contributed by atoms with Crippen LogP contribution in [-0.4, -0.2) is 50.5 Å². The lowest BCUT2D eigenvalue weighted by atomic mass is 9.85. The Balaban J connectivity index is 1.78. The van der Waals surface area contributed by atoms with Gasteiger partial charge in [0, 0.05) is 38.2 Å². The van der Waals surface area contributed by atoms with Gasteiger partial charge in [-0.15, -0.1) is 0 Å². The van der Waals surface area contributed by atoms with Crippen molar-refractivity contribution in [1.29, 1.82) is 0 Å². The van der Waals surface area contributed by atoms with Crippen molar-refractivity contribution in [1.82, 2.24) is 20.2 Å². The number of carbonyl (C=O) groups is 2. The third kappa shape index (κ3) is 5.93. The monoisotopic (exact) mass is 466 g/mol. The first-order valence-electron chi connectivity index (χ1n) is 10.7. The first-order valence-corrected chi connectivity index (χ1v) is 10.7. The van der Waals surface area contributed by atoms with E-state index in [0.29, 0.717) is 23.5 Å². The molecule has 3 atom stereocenters. The number of likely N-dealkylation sites (tertiary alicyclic amines) is 1. The van der Waals surface area contributed by atoms with Crippen LogP contribution in [-0.2, 0) is 22.2 Å². The normalized spacial score (nSPS) is 20.1. The Morgan fingerprint density at radius 2 is 1.88 bits per heavy atom. The van der Waals surface area contributed by atoms with Crippen LogP contribution in [0, 0.1) is 5.41 Å². The number of benzene rings is 1. The van der Waals surface area contributed by atoms with Gasteiger partial charge in [0.1, 0.15) is 11.9 Å². The number of amides is 2. The molecule has 7 nitrogen and oxygen atoms in total. The zero-order valence-electron chi connectivity index (χ0n) is 19.0. The topological polar surface area (TPSA) is 98.3 Å². The van der Waals surface area contributed by atoms with E-state index in [1.807, 2.05) is 20.8 Å². The Morgan fingerprint density at radius 3 is 2.42 bits per heavy atom. The minimum Gasteiger partial charge on any atom is -0.391 e. The van der Waals surface area contributed by atoms with E-state index in [1.165, 1.54) is 24.0 Å². The summed E-state index contributed by atoms with van der Waals surface area (Å²) >= 11 is 0. The molecule has 1 aliphatic heterocycles. The van der Waals surface area contributed by atoms with Crippen molar-refractivity contribution in [2.45, 2.75) is 64.9 Å².